The lowest BCUT2D eigenvalue weighted by Gasteiger charge is -2.10. The zero-order chi connectivity index (χ0) is 20.7. The molecule has 0 unspecified atom stereocenters. The highest BCUT2D eigenvalue weighted by atomic mass is 35.5. The number of amides is 2. The van der Waals surface area contributed by atoms with Gasteiger partial charge in [0.05, 0.1) is 7.11 Å². The third kappa shape index (κ3) is 5.50. The standard InChI is InChI=1S/C20H18ClN3O4/c1-12-3-5-15(21)9-16(12)24-20(26)14(10-22)7-13-4-6-17(18(8-13)27-2)28-11-19(23)25/h3-9H,11H2,1-2H3,(H2,23,25)(H,24,26)/b14-7+. The van der Waals surface area contributed by atoms with E-state index in [1.54, 1.807) is 36.4 Å². The first kappa shape index (κ1) is 20.8. The lowest BCUT2D eigenvalue weighted by atomic mass is 10.1. The van der Waals surface area contributed by atoms with Crippen LogP contribution in [0.2, 0.25) is 5.02 Å². The fourth-order valence-electron chi connectivity index (χ4n) is 2.28. The zero-order valence-electron chi connectivity index (χ0n) is 15.3. The van der Waals surface area contributed by atoms with Crippen LogP contribution in [-0.4, -0.2) is 25.5 Å². The zero-order valence-corrected chi connectivity index (χ0v) is 16.0. The highest BCUT2D eigenvalue weighted by molar-refractivity contribution is 6.31. The summed E-state index contributed by atoms with van der Waals surface area (Å²) in [5.41, 5.74) is 6.83. The molecular formula is C20H18ClN3O4. The van der Waals surface area contributed by atoms with Gasteiger partial charge in [-0.2, -0.15) is 5.26 Å². The molecule has 0 radical (unpaired) electrons. The van der Waals surface area contributed by atoms with E-state index in [4.69, 9.17) is 26.8 Å². The van der Waals surface area contributed by atoms with Crippen molar-refractivity contribution in [3.05, 3.63) is 58.1 Å². The fraction of sp³-hybridized carbons (Fsp3) is 0.150. The van der Waals surface area contributed by atoms with Crippen LogP contribution in [0, 0.1) is 18.3 Å². The van der Waals surface area contributed by atoms with Gasteiger partial charge < -0.3 is 20.5 Å². The second kappa shape index (κ2) is 9.44. The average Bonchev–Trinajstić information content (AvgIpc) is 2.67. The van der Waals surface area contributed by atoms with Crippen LogP contribution in [0.15, 0.2) is 42.0 Å². The Labute approximate surface area is 167 Å². The Kier molecular flexibility index (Phi) is 7.02. The molecule has 0 aliphatic heterocycles. The molecule has 0 saturated carbocycles. The molecule has 2 rings (SSSR count). The summed E-state index contributed by atoms with van der Waals surface area (Å²) in [7, 11) is 1.43. The molecule has 2 aromatic carbocycles. The largest absolute Gasteiger partial charge is 0.493 e. The van der Waals surface area contributed by atoms with Crippen LogP contribution in [-0.2, 0) is 9.59 Å². The van der Waals surface area contributed by atoms with Crippen LogP contribution >= 0.6 is 11.6 Å². The van der Waals surface area contributed by atoms with E-state index in [2.05, 4.69) is 5.32 Å². The number of aryl methyl sites for hydroxylation is 1. The van der Waals surface area contributed by atoms with Crippen molar-refractivity contribution in [1.82, 2.24) is 0 Å². The van der Waals surface area contributed by atoms with Crippen molar-refractivity contribution in [2.24, 2.45) is 5.73 Å². The summed E-state index contributed by atoms with van der Waals surface area (Å²) in [4.78, 5) is 23.3. The quantitative estimate of drug-likeness (QED) is 0.548. The predicted molar refractivity (Wildman–Crippen MR) is 106 cm³/mol. The Hall–Kier alpha value is -3.50. The average molecular weight is 400 g/mol. The van der Waals surface area contributed by atoms with Crippen molar-refractivity contribution >= 4 is 35.2 Å². The van der Waals surface area contributed by atoms with Crippen molar-refractivity contribution in [3.63, 3.8) is 0 Å². The second-order valence-corrected chi connectivity index (χ2v) is 6.18. The molecule has 8 heteroatoms. The lowest BCUT2D eigenvalue weighted by molar-refractivity contribution is -0.120. The molecule has 0 heterocycles. The summed E-state index contributed by atoms with van der Waals surface area (Å²) in [6, 6.07) is 11.7. The Morgan fingerprint density at radius 1 is 1.25 bits per heavy atom. The van der Waals surface area contributed by atoms with E-state index in [1.165, 1.54) is 13.2 Å². The smallest absolute Gasteiger partial charge is 0.266 e. The third-order valence-corrected chi connectivity index (χ3v) is 3.92. The SMILES string of the molecule is COc1cc(/C=C(\C#N)C(=O)Nc2cc(Cl)ccc2C)ccc1OCC(N)=O. The molecule has 2 aromatic rings. The highest BCUT2D eigenvalue weighted by Gasteiger charge is 2.13. The Bertz CT molecular complexity index is 980. The molecule has 0 aromatic heterocycles. The number of hydrogen-bond acceptors (Lipinski definition) is 5. The summed E-state index contributed by atoms with van der Waals surface area (Å²) in [6.07, 6.45) is 1.41. The fourth-order valence-corrected chi connectivity index (χ4v) is 2.45. The van der Waals surface area contributed by atoms with E-state index >= 15 is 0 Å². The summed E-state index contributed by atoms with van der Waals surface area (Å²) in [5.74, 6) is -0.541. The van der Waals surface area contributed by atoms with Crippen LogP contribution in [0.5, 0.6) is 11.5 Å². The lowest BCUT2D eigenvalue weighted by Crippen LogP contribution is -2.20. The minimum absolute atomic E-state index is 0.104. The molecule has 3 N–H and O–H groups in total. The predicted octanol–water partition coefficient (Wildman–Crippen LogP) is 3.07. The van der Waals surface area contributed by atoms with Gasteiger partial charge in [-0.1, -0.05) is 23.7 Å². The first-order chi connectivity index (χ1) is 13.3. The van der Waals surface area contributed by atoms with Crippen molar-refractivity contribution in [3.8, 4) is 17.6 Å². The van der Waals surface area contributed by atoms with Crippen LogP contribution in [0.25, 0.3) is 6.08 Å². The monoisotopic (exact) mass is 399 g/mol. The van der Waals surface area contributed by atoms with Crippen LogP contribution in [0.1, 0.15) is 11.1 Å². The molecule has 0 bridgehead atoms. The molecule has 0 aliphatic carbocycles. The molecule has 0 spiro atoms. The maximum absolute atomic E-state index is 12.5. The second-order valence-electron chi connectivity index (χ2n) is 5.75. The molecule has 7 nitrogen and oxygen atoms in total. The number of carbonyl (C=O) groups excluding carboxylic acids is 2. The molecule has 0 aliphatic rings. The molecule has 144 valence electrons. The maximum atomic E-state index is 12.5. The summed E-state index contributed by atoms with van der Waals surface area (Å²) in [6.45, 7) is 1.52. The summed E-state index contributed by atoms with van der Waals surface area (Å²) >= 11 is 5.95. The molecule has 0 fully saturated rings. The Balaban J connectivity index is 2.25. The van der Waals surface area contributed by atoms with Crippen LogP contribution in [0.3, 0.4) is 0 Å². The first-order valence-electron chi connectivity index (χ1n) is 8.12. The number of halogens is 1. The van der Waals surface area contributed by atoms with Crippen LogP contribution < -0.4 is 20.5 Å². The van der Waals surface area contributed by atoms with Crippen molar-refractivity contribution in [2.75, 3.05) is 19.0 Å². The third-order valence-electron chi connectivity index (χ3n) is 3.68. The van der Waals surface area contributed by atoms with E-state index in [1.807, 2.05) is 13.0 Å². The van der Waals surface area contributed by atoms with E-state index in [-0.39, 0.29) is 12.2 Å². The van der Waals surface area contributed by atoms with Crippen molar-refractivity contribution in [2.45, 2.75) is 6.92 Å². The van der Waals surface area contributed by atoms with Gasteiger partial charge in [-0.3, -0.25) is 9.59 Å². The normalized spacial score (nSPS) is 10.7. The molecule has 0 atom stereocenters. The number of primary amides is 1. The molecular weight excluding hydrogens is 382 g/mol. The van der Waals surface area contributed by atoms with Gasteiger partial charge in [0, 0.05) is 10.7 Å². The summed E-state index contributed by atoms with van der Waals surface area (Å²) in [5, 5.41) is 12.5. The topological polar surface area (TPSA) is 114 Å². The number of rotatable bonds is 7. The van der Waals surface area contributed by atoms with Gasteiger partial charge in [0.25, 0.3) is 11.8 Å². The number of anilines is 1. The Morgan fingerprint density at radius 2 is 2.00 bits per heavy atom. The number of nitrogens with two attached hydrogens (primary N) is 1. The number of nitriles is 1. The number of nitrogens with one attached hydrogen (secondary N) is 1. The molecule has 0 saturated heterocycles. The number of carbonyl (C=O) groups is 2. The van der Waals surface area contributed by atoms with Gasteiger partial charge in [-0.25, -0.2) is 0 Å². The minimum atomic E-state index is -0.620. The Morgan fingerprint density at radius 3 is 2.64 bits per heavy atom. The number of ether oxygens (including phenoxy) is 2. The van der Waals surface area contributed by atoms with E-state index < -0.39 is 11.8 Å². The first-order valence-corrected chi connectivity index (χ1v) is 8.50. The van der Waals surface area contributed by atoms with E-state index in [9.17, 15) is 14.9 Å². The van der Waals surface area contributed by atoms with Gasteiger partial charge in [-0.15, -0.1) is 0 Å². The minimum Gasteiger partial charge on any atom is -0.493 e. The molecule has 28 heavy (non-hydrogen) atoms. The highest BCUT2D eigenvalue weighted by Crippen LogP contribution is 2.29. The van der Waals surface area contributed by atoms with Crippen LogP contribution in [0.4, 0.5) is 5.69 Å². The van der Waals surface area contributed by atoms with Crippen molar-refractivity contribution in [1.29, 1.82) is 5.26 Å². The van der Waals surface area contributed by atoms with Gasteiger partial charge in [0.15, 0.2) is 18.1 Å². The molecule has 2 amide bonds. The number of nitrogens with zero attached hydrogens (tertiary/aromatic N) is 1. The van der Waals surface area contributed by atoms with Gasteiger partial charge in [0.1, 0.15) is 11.6 Å². The number of benzene rings is 2. The number of methoxy groups -OCH3 is 1. The summed E-state index contributed by atoms with van der Waals surface area (Å²) < 4.78 is 10.5. The van der Waals surface area contributed by atoms with Gasteiger partial charge >= 0.3 is 0 Å². The van der Waals surface area contributed by atoms with E-state index in [0.29, 0.717) is 27.8 Å². The number of hydrogen-bond donors (Lipinski definition) is 2. The van der Waals surface area contributed by atoms with Gasteiger partial charge in [-0.05, 0) is 48.4 Å². The van der Waals surface area contributed by atoms with Gasteiger partial charge in [0.2, 0.25) is 0 Å². The van der Waals surface area contributed by atoms with E-state index in [0.717, 1.165) is 5.56 Å². The van der Waals surface area contributed by atoms with Crippen molar-refractivity contribution < 1.29 is 19.1 Å². The maximum Gasteiger partial charge on any atom is 0.266 e.